The molecule has 6 rings (SSSR count). The van der Waals surface area contributed by atoms with Gasteiger partial charge in [0.15, 0.2) is 0 Å². The Kier molecular flexibility index (Phi) is 10.1. The summed E-state index contributed by atoms with van der Waals surface area (Å²) in [4.78, 5) is 0. The number of aryl methyl sites for hydroxylation is 4. The molecule has 248 valence electrons. The molecule has 0 aromatic heterocycles. The molecule has 0 heterocycles. The van der Waals surface area contributed by atoms with Crippen molar-refractivity contribution in [3.05, 3.63) is 86.5 Å². The summed E-state index contributed by atoms with van der Waals surface area (Å²) in [6.07, 6.45) is 20.0. The lowest BCUT2D eigenvalue weighted by Gasteiger charge is -2.37. The molecule has 0 unspecified atom stereocenters. The van der Waals surface area contributed by atoms with Gasteiger partial charge in [-0.3, -0.25) is 0 Å². The summed E-state index contributed by atoms with van der Waals surface area (Å²) in [5, 5.41) is 33.6. The molecule has 0 amide bonds. The van der Waals surface area contributed by atoms with Gasteiger partial charge in [0, 0.05) is 5.41 Å². The number of rotatable bonds is 8. The maximum absolute atomic E-state index is 11.3. The molecule has 0 spiro atoms. The minimum Gasteiger partial charge on any atom is -0.508 e. The first-order valence-corrected chi connectivity index (χ1v) is 18.7. The Morgan fingerprint density at radius 3 is 1.24 bits per heavy atom. The van der Waals surface area contributed by atoms with E-state index >= 15 is 0 Å². The zero-order valence-corrected chi connectivity index (χ0v) is 29.1. The number of hydrogen-bond donors (Lipinski definition) is 3. The van der Waals surface area contributed by atoms with Crippen LogP contribution in [0, 0.1) is 20.8 Å². The Balaban J connectivity index is 1.45. The third kappa shape index (κ3) is 6.71. The van der Waals surface area contributed by atoms with Crippen molar-refractivity contribution in [2.45, 2.75) is 160 Å². The van der Waals surface area contributed by atoms with Crippen molar-refractivity contribution in [1.29, 1.82) is 0 Å². The van der Waals surface area contributed by atoms with Crippen molar-refractivity contribution in [2.75, 3.05) is 0 Å². The van der Waals surface area contributed by atoms with Crippen molar-refractivity contribution >= 4 is 0 Å². The summed E-state index contributed by atoms with van der Waals surface area (Å²) in [6.45, 7) is 8.90. The third-order valence-electron chi connectivity index (χ3n) is 12.5. The van der Waals surface area contributed by atoms with Gasteiger partial charge in [0.05, 0.1) is 0 Å². The van der Waals surface area contributed by atoms with Gasteiger partial charge >= 0.3 is 0 Å². The van der Waals surface area contributed by atoms with Crippen LogP contribution in [0.2, 0.25) is 0 Å². The fraction of sp³-hybridized carbons (Fsp3) is 0.581. The Morgan fingerprint density at radius 1 is 0.500 bits per heavy atom. The Morgan fingerprint density at radius 2 is 0.848 bits per heavy atom. The van der Waals surface area contributed by atoms with E-state index in [0.717, 1.165) is 71.9 Å². The predicted molar refractivity (Wildman–Crippen MR) is 191 cm³/mol. The van der Waals surface area contributed by atoms with E-state index in [-0.39, 0.29) is 5.41 Å². The Bertz CT molecular complexity index is 1440. The van der Waals surface area contributed by atoms with Gasteiger partial charge in [0.2, 0.25) is 0 Å². The Hall–Kier alpha value is -2.94. The van der Waals surface area contributed by atoms with Crippen molar-refractivity contribution in [2.24, 2.45) is 0 Å². The number of aromatic hydroxyl groups is 3. The fourth-order valence-electron chi connectivity index (χ4n) is 9.65. The molecule has 3 nitrogen and oxygen atoms in total. The highest BCUT2D eigenvalue weighted by Crippen LogP contribution is 2.48. The molecule has 3 aliphatic rings. The minimum absolute atomic E-state index is 0.322. The molecule has 46 heavy (non-hydrogen) atoms. The summed E-state index contributed by atoms with van der Waals surface area (Å²) in [6, 6.07) is 13.1. The standard InChI is InChI=1S/C43H58O3/c1-28-22-40(44)35(31-14-8-5-9-15-31)25-34(28)20-21-43(4,38-26-36(41(45)23-29(38)2)32-16-10-6-11-17-32)39-27-37(42(46)24-30(39)3)33-18-12-7-13-19-33/h22-27,31-33,44-46H,5-21H2,1-4H3. The maximum atomic E-state index is 11.3. The maximum Gasteiger partial charge on any atom is 0.119 e. The lowest BCUT2D eigenvalue weighted by molar-refractivity contribution is 0.409. The molecule has 3 saturated carbocycles. The lowest BCUT2D eigenvalue weighted by atomic mass is 9.67. The van der Waals surface area contributed by atoms with Crippen LogP contribution in [0.25, 0.3) is 0 Å². The van der Waals surface area contributed by atoms with E-state index in [1.807, 2.05) is 18.2 Å². The van der Waals surface area contributed by atoms with Crippen LogP contribution in [-0.2, 0) is 11.8 Å². The molecule has 0 radical (unpaired) electrons. The van der Waals surface area contributed by atoms with E-state index in [0.29, 0.717) is 35.0 Å². The average Bonchev–Trinajstić information content (AvgIpc) is 3.05. The van der Waals surface area contributed by atoms with E-state index < -0.39 is 0 Å². The first-order valence-electron chi connectivity index (χ1n) is 18.7. The molecule has 3 N–H and O–H groups in total. The van der Waals surface area contributed by atoms with Gasteiger partial charge in [-0.15, -0.1) is 0 Å². The van der Waals surface area contributed by atoms with Gasteiger partial charge in [-0.05, 0) is 158 Å². The second-order valence-corrected chi connectivity index (χ2v) is 15.6. The van der Waals surface area contributed by atoms with Gasteiger partial charge < -0.3 is 15.3 Å². The first kappa shape index (κ1) is 33.0. The molecular formula is C43H58O3. The summed E-state index contributed by atoms with van der Waals surface area (Å²) in [5.74, 6) is 2.64. The van der Waals surface area contributed by atoms with Gasteiger partial charge in [-0.1, -0.05) is 82.9 Å². The third-order valence-corrected chi connectivity index (χ3v) is 12.5. The highest BCUT2D eigenvalue weighted by Gasteiger charge is 2.35. The van der Waals surface area contributed by atoms with E-state index in [9.17, 15) is 15.3 Å². The van der Waals surface area contributed by atoms with Crippen LogP contribution >= 0.6 is 0 Å². The molecule has 0 aliphatic heterocycles. The van der Waals surface area contributed by atoms with E-state index in [1.54, 1.807) is 0 Å². The molecule has 3 heteroatoms. The normalized spacial score (nSPS) is 19.0. The van der Waals surface area contributed by atoms with E-state index in [1.165, 1.54) is 87.3 Å². The number of phenolic OH excluding ortho intramolecular Hbond substituents is 3. The second kappa shape index (κ2) is 14.0. The summed E-state index contributed by atoms with van der Waals surface area (Å²) >= 11 is 0. The molecular weight excluding hydrogens is 564 g/mol. The molecule has 0 saturated heterocycles. The average molecular weight is 623 g/mol. The Labute approximate surface area is 278 Å². The van der Waals surface area contributed by atoms with Gasteiger partial charge in [0.25, 0.3) is 0 Å². The quantitative estimate of drug-likeness (QED) is 0.234. The second-order valence-electron chi connectivity index (χ2n) is 15.6. The van der Waals surface area contributed by atoms with E-state index in [4.69, 9.17) is 0 Å². The van der Waals surface area contributed by atoms with E-state index in [2.05, 4.69) is 45.9 Å². The van der Waals surface area contributed by atoms with Gasteiger partial charge in [0.1, 0.15) is 17.2 Å². The topological polar surface area (TPSA) is 60.7 Å². The highest BCUT2D eigenvalue weighted by molar-refractivity contribution is 5.55. The molecule has 3 aromatic carbocycles. The van der Waals surface area contributed by atoms with Crippen molar-refractivity contribution in [3.8, 4) is 17.2 Å². The van der Waals surface area contributed by atoms with Crippen LogP contribution in [0.5, 0.6) is 17.2 Å². The fourth-order valence-corrected chi connectivity index (χ4v) is 9.65. The highest BCUT2D eigenvalue weighted by atomic mass is 16.3. The number of phenols is 3. The molecule has 3 fully saturated rings. The van der Waals surface area contributed by atoms with Gasteiger partial charge in [-0.2, -0.15) is 0 Å². The van der Waals surface area contributed by atoms with Crippen LogP contribution < -0.4 is 0 Å². The van der Waals surface area contributed by atoms with Crippen LogP contribution in [0.1, 0.15) is 177 Å². The monoisotopic (exact) mass is 622 g/mol. The predicted octanol–water partition coefficient (Wildman–Crippen LogP) is 11.8. The van der Waals surface area contributed by atoms with Crippen molar-refractivity contribution in [1.82, 2.24) is 0 Å². The SMILES string of the molecule is Cc1cc(O)c(C2CCCCC2)cc1CCC(C)(c1cc(C2CCCCC2)c(O)cc1C)c1cc(C2CCCCC2)c(O)cc1C. The largest absolute Gasteiger partial charge is 0.508 e. The first-order chi connectivity index (χ1) is 22.2. The van der Waals surface area contributed by atoms with Crippen LogP contribution in [0.3, 0.4) is 0 Å². The minimum atomic E-state index is -0.322. The summed E-state index contributed by atoms with van der Waals surface area (Å²) in [7, 11) is 0. The van der Waals surface area contributed by atoms with Crippen molar-refractivity contribution < 1.29 is 15.3 Å². The summed E-state index contributed by atoms with van der Waals surface area (Å²) < 4.78 is 0. The molecule has 0 atom stereocenters. The molecule has 0 bridgehead atoms. The van der Waals surface area contributed by atoms with Crippen LogP contribution in [-0.4, -0.2) is 15.3 Å². The molecule has 3 aliphatic carbocycles. The zero-order chi connectivity index (χ0) is 32.4. The van der Waals surface area contributed by atoms with Crippen molar-refractivity contribution in [3.63, 3.8) is 0 Å². The number of benzene rings is 3. The zero-order valence-electron chi connectivity index (χ0n) is 29.1. The number of hydrogen-bond acceptors (Lipinski definition) is 3. The van der Waals surface area contributed by atoms with Crippen LogP contribution in [0.4, 0.5) is 0 Å². The van der Waals surface area contributed by atoms with Crippen LogP contribution in [0.15, 0.2) is 36.4 Å². The smallest absolute Gasteiger partial charge is 0.119 e. The summed E-state index contributed by atoms with van der Waals surface area (Å²) in [5.41, 5.74) is 10.4. The van der Waals surface area contributed by atoms with Gasteiger partial charge in [-0.25, -0.2) is 0 Å². The molecule has 3 aromatic rings. The lowest BCUT2D eigenvalue weighted by Crippen LogP contribution is -2.28.